The van der Waals surface area contributed by atoms with Crippen LogP contribution in [0.3, 0.4) is 0 Å². The van der Waals surface area contributed by atoms with Crippen molar-refractivity contribution in [2.75, 3.05) is 27.2 Å². The Kier molecular flexibility index (Phi) is 4.74. The van der Waals surface area contributed by atoms with Crippen LogP contribution in [-0.4, -0.2) is 57.6 Å². The number of nitrogens with one attached hydrogen (secondary N) is 1. The number of hydrogen-bond donors (Lipinski definition) is 1. The lowest BCUT2D eigenvalue weighted by Gasteiger charge is -2.15. The van der Waals surface area contributed by atoms with Crippen LogP contribution in [-0.2, 0) is 14.8 Å². The summed E-state index contributed by atoms with van der Waals surface area (Å²) in [7, 11) is -0.564. The first-order valence-corrected chi connectivity index (χ1v) is 8.53. The van der Waals surface area contributed by atoms with Crippen molar-refractivity contribution < 1.29 is 17.9 Å². The van der Waals surface area contributed by atoms with Crippen LogP contribution in [0.4, 0.5) is 0 Å². The third kappa shape index (κ3) is 3.54. The monoisotopic (exact) mass is 319 g/mol. The Hall–Kier alpha value is -1.03. The van der Waals surface area contributed by atoms with Crippen LogP contribution >= 0.6 is 11.3 Å². The van der Waals surface area contributed by atoms with Gasteiger partial charge in [-0.15, -0.1) is 11.3 Å². The molecule has 1 fully saturated rings. The molecule has 20 heavy (non-hydrogen) atoms. The highest BCUT2D eigenvalue weighted by molar-refractivity contribution is 7.91. The number of aromatic nitrogens is 1. The lowest BCUT2D eigenvalue weighted by atomic mass is 10.5. The van der Waals surface area contributed by atoms with E-state index < -0.39 is 16.0 Å². The third-order valence-electron chi connectivity index (χ3n) is 3.08. The molecule has 0 spiro atoms. The summed E-state index contributed by atoms with van der Waals surface area (Å²) in [5.74, 6) is -0.748. The Morgan fingerprint density at radius 2 is 2.30 bits per heavy atom. The average Bonchev–Trinajstić information content (AvgIpc) is 3.14. The SMILES string of the molecule is COC(=O)c1ncsc1S(=O)(=O)NCCN(C)C1CC1. The predicted molar refractivity (Wildman–Crippen MR) is 74.3 cm³/mol. The van der Waals surface area contributed by atoms with E-state index in [1.54, 1.807) is 0 Å². The lowest BCUT2D eigenvalue weighted by molar-refractivity contribution is 0.0590. The van der Waals surface area contributed by atoms with Crippen molar-refractivity contribution in [1.29, 1.82) is 0 Å². The van der Waals surface area contributed by atoms with Crippen molar-refractivity contribution in [2.45, 2.75) is 23.1 Å². The van der Waals surface area contributed by atoms with Crippen LogP contribution in [0.25, 0.3) is 0 Å². The van der Waals surface area contributed by atoms with Crippen molar-refractivity contribution in [1.82, 2.24) is 14.6 Å². The first kappa shape index (κ1) is 15.4. The quantitative estimate of drug-likeness (QED) is 0.727. The first-order valence-electron chi connectivity index (χ1n) is 6.17. The standard InChI is InChI=1S/C11H17N3O4S2/c1-14(8-3-4-8)6-5-13-20(16,17)11-9(10(15)18-2)12-7-19-11/h7-8,13H,3-6H2,1-2H3. The largest absolute Gasteiger partial charge is 0.464 e. The molecule has 0 radical (unpaired) electrons. The van der Waals surface area contributed by atoms with Gasteiger partial charge in [0, 0.05) is 19.1 Å². The van der Waals surface area contributed by atoms with Gasteiger partial charge in [-0.3, -0.25) is 0 Å². The van der Waals surface area contributed by atoms with E-state index in [4.69, 9.17) is 0 Å². The molecule has 1 aliphatic carbocycles. The van der Waals surface area contributed by atoms with Gasteiger partial charge >= 0.3 is 5.97 Å². The van der Waals surface area contributed by atoms with E-state index in [0.29, 0.717) is 19.1 Å². The molecule has 7 nitrogen and oxygen atoms in total. The molecule has 0 bridgehead atoms. The van der Waals surface area contributed by atoms with Gasteiger partial charge in [-0.1, -0.05) is 0 Å². The molecule has 0 amide bonds. The summed E-state index contributed by atoms with van der Waals surface area (Å²) in [6, 6.07) is 0.577. The fourth-order valence-electron chi connectivity index (χ4n) is 1.78. The summed E-state index contributed by atoms with van der Waals surface area (Å²) in [4.78, 5) is 17.3. The smallest absolute Gasteiger partial charge is 0.358 e. The van der Waals surface area contributed by atoms with Gasteiger partial charge in [-0.2, -0.15) is 0 Å². The lowest BCUT2D eigenvalue weighted by Crippen LogP contribution is -2.34. The molecule has 112 valence electrons. The van der Waals surface area contributed by atoms with Crippen LogP contribution in [0.5, 0.6) is 0 Å². The topological polar surface area (TPSA) is 88.6 Å². The number of carbonyl (C=O) groups excluding carboxylic acids is 1. The maximum Gasteiger partial charge on any atom is 0.358 e. The van der Waals surface area contributed by atoms with Crippen molar-refractivity contribution in [3.05, 3.63) is 11.2 Å². The molecule has 1 saturated carbocycles. The van der Waals surface area contributed by atoms with Gasteiger partial charge in [0.05, 0.1) is 12.6 Å². The zero-order valence-electron chi connectivity index (χ0n) is 11.3. The Bertz CT molecular complexity index is 580. The number of methoxy groups -OCH3 is 1. The summed E-state index contributed by atoms with van der Waals surface area (Å²) in [5, 5.41) is 0. The number of thiazole rings is 1. The van der Waals surface area contributed by atoms with Gasteiger partial charge in [-0.25, -0.2) is 22.9 Å². The molecule has 0 aliphatic heterocycles. The summed E-state index contributed by atoms with van der Waals surface area (Å²) < 4.78 is 31.2. The second-order valence-electron chi connectivity index (χ2n) is 4.59. The van der Waals surface area contributed by atoms with Crippen LogP contribution in [0.1, 0.15) is 23.3 Å². The number of hydrogen-bond acceptors (Lipinski definition) is 7. The third-order valence-corrected chi connectivity index (χ3v) is 5.92. The van der Waals surface area contributed by atoms with E-state index in [9.17, 15) is 13.2 Å². The van der Waals surface area contributed by atoms with Gasteiger partial charge in [0.2, 0.25) is 0 Å². The van der Waals surface area contributed by atoms with Crippen molar-refractivity contribution in [3.63, 3.8) is 0 Å². The predicted octanol–water partition coefficient (Wildman–Crippen LogP) is 0.302. The normalized spacial score (nSPS) is 15.6. The van der Waals surface area contributed by atoms with Gasteiger partial charge < -0.3 is 9.64 Å². The molecule has 1 aromatic heterocycles. The number of nitrogens with zero attached hydrogens (tertiary/aromatic N) is 2. The van der Waals surface area contributed by atoms with E-state index in [2.05, 4.69) is 19.3 Å². The molecule has 0 unspecified atom stereocenters. The van der Waals surface area contributed by atoms with E-state index in [-0.39, 0.29) is 9.90 Å². The molecule has 2 rings (SSSR count). The summed E-state index contributed by atoms with van der Waals surface area (Å²) in [6.07, 6.45) is 2.34. The number of carbonyl (C=O) groups is 1. The molecule has 0 atom stereocenters. The average molecular weight is 319 g/mol. The Morgan fingerprint density at radius 3 is 2.90 bits per heavy atom. The highest BCUT2D eigenvalue weighted by atomic mass is 32.2. The fourth-order valence-corrected chi connectivity index (χ4v) is 3.97. The zero-order valence-corrected chi connectivity index (χ0v) is 13.0. The fraction of sp³-hybridized carbons (Fsp3) is 0.636. The minimum absolute atomic E-state index is 0.0987. The second-order valence-corrected chi connectivity index (χ2v) is 7.41. The van der Waals surface area contributed by atoms with Crippen molar-refractivity contribution in [3.8, 4) is 0 Å². The Labute approximate surface area is 122 Å². The van der Waals surface area contributed by atoms with Gasteiger partial charge in [0.1, 0.15) is 0 Å². The number of rotatable bonds is 7. The van der Waals surface area contributed by atoms with Gasteiger partial charge in [0.25, 0.3) is 10.0 Å². The van der Waals surface area contributed by atoms with Crippen molar-refractivity contribution in [2.24, 2.45) is 0 Å². The van der Waals surface area contributed by atoms with Gasteiger partial charge in [-0.05, 0) is 19.9 Å². The summed E-state index contributed by atoms with van der Waals surface area (Å²) >= 11 is 0.902. The first-order chi connectivity index (χ1) is 9.45. The number of sulfonamides is 1. The molecule has 9 heteroatoms. The van der Waals surface area contributed by atoms with Crippen LogP contribution in [0.15, 0.2) is 9.72 Å². The van der Waals surface area contributed by atoms with E-state index in [0.717, 1.165) is 11.3 Å². The zero-order chi connectivity index (χ0) is 14.8. The highest BCUT2D eigenvalue weighted by Gasteiger charge is 2.28. The molecular formula is C11H17N3O4S2. The summed E-state index contributed by atoms with van der Waals surface area (Å²) in [6.45, 7) is 0.935. The molecular weight excluding hydrogens is 302 g/mol. The highest BCUT2D eigenvalue weighted by Crippen LogP contribution is 2.25. The second kappa shape index (κ2) is 6.17. The molecule has 1 aliphatic rings. The molecule has 1 aromatic rings. The van der Waals surface area contributed by atoms with Crippen LogP contribution in [0, 0.1) is 0 Å². The molecule has 1 N–H and O–H groups in total. The molecule has 0 saturated heterocycles. The Balaban J connectivity index is 1.99. The maximum atomic E-state index is 12.1. The van der Waals surface area contributed by atoms with E-state index in [1.165, 1.54) is 25.5 Å². The minimum atomic E-state index is -3.73. The van der Waals surface area contributed by atoms with E-state index >= 15 is 0 Å². The van der Waals surface area contributed by atoms with E-state index in [1.807, 2.05) is 7.05 Å². The Morgan fingerprint density at radius 1 is 1.60 bits per heavy atom. The van der Waals surface area contributed by atoms with Gasteiger partial charge in [0.15, 0.2) is 9.90 Å². The minimum Gasteiger partial charge on any atom is -0.464 e. The van der Waals surface area contributed by atoms with Crippen molar-refractivity contribution >= 4 is 27.3 Å². The van der Waals surface area contributed by atoms with Crippen LogP contribution < -0.4 is 4.72 Å². The number of likely N-dealkylation sites (N-methyl/N-ethyl adjacent to an activating group) is 1. The summed E-state index contributed by atoms with van der Waals surface area (Å²) in [5.41, 5.74) is 1.15. The number of esters is 1. The molecule has 1 heterocycles. The maximum absolute atomic E-state index is 12.1. The molecule has 0 aromatic carbocycles. The van der Waals surface area contributed by atoms with Crippen LogP contribution in [0.2, 0.25) is 0 Å². The number of ether oxygens (including phenoxy) is 1.